The van der Waals surface area contributed by atoms with E-state index in [-0.39, 0.29) is 25.7 Å². The third kappa shape index (κ3) is 15.1. The fourth-order valence-electron chi connectivity index (χ4n) is 6.42. The minimum absolute atomic E-state index is 0.252. The predicted molar refractivity (Wildman–Crippen MR) is 191 cm³/mol. The number of rotatable bonds is 23. The smallest absolute Gasteiger partial charge is 0.335 e. The number of unbranched alkanes of at least 4 members (excludes halogenated alkanes) is 10. The first-order chi connectivity index (χ1) is 24.4. The molecule has 2 rings (SSSR count). The van der Waals surface area contributed by atoms with Crippen molar-refractivity contribution in [2.75, 3.05) is 12.8 Å². The van der Waals surface area contributed by atoms with Crippen LogP contribution in [0.3, 0.4) is 0 Å². The average Bonchev–Trinajstić information content (AvgIpc) is 3.09. The molecule has 0 bridgehead atoms. The molecule has 0 amide bonds. The number of hydrogen-bond acceptors (Lipinski definition) is 3. The monoisotopic (exact) mass is 793 g/mol. The average molecular weight is 794 g/mol. The third-order valence-corrected chi connectivity index (χ3v) is 13.2. The van der Waals surface area contributed by atoms with Gasteiger partial charge in [-0.25, -0.2) is 43.9 Å². The zero-order valence-corrected chi connectivity index (χ0v) is 34.5. The van der Waals surface area contributed by atoms with Gasteiger partial charge in [0.2, 0.25) is 11.6 Å². The molecular formula is C37H57F10NO2Si2. The van der Waals surface area contributed by atoms with Gasteiger partial charge in [0, 0.05) is 39.7 Å². The van der Waals surface area contributed by atoms with E-state index in [1.165, 1.54) is 0 Å². The fourth-order valence-corrected chi connectivity index (χ4v) is 10.7. The van der Waals surface area contributed by atoms with Crippen molar-refractivity contribution in [3.63, 3.8) is 0 Å². The van der Waals surface area contributed by atoms with Gasteiger partial charge in [0.1, 0.15) is 0 Å². The third-order valence-electron chi connectivity index (χ3n) is 9.19. The number of halogens is 10. The van der Waals surface area contributed by atoms with E-state index in [1.807, 2.05) is 0 Å². The molecule has 0 heterocycles. The highest BCUT2D eigenvalue weighted by molar-refractivity contribution is 6.66. The van der Waals surface area contributed by atoms with Crippen molar-refractivity contribution >= 4 is 18.8 Å². The first kappa shape index (κ1) is 48.1. The lowest BCUT2D eigenvalue weighted by atomic mass is 10.0. The van der Waals surface area contributed by atoms with E-state index in [1.54, 1.807) is 0 Å². The van der Waals surface area contributed by atoms with Gasteiger partial charge in [-0.15, -0.1) is 0 Å². The van der Waals surface area contributed by atoms with Gasteiger partial charge in [0.25, 0.3) is 0 Å². The van der Waals surface area contributed by atoms with Crippen LogP contribution in [0.2, 0.25) is 12.1 Å². The molecule has 3 nitrogen and oxygen atoms in total. The molecule has 0 aliphatic heterocycles. The van der Waals surface area contributed by atoms with Crippen molar-refractivity contribution in [3.05, 3.63) is 69.3 Å². The first-order valence-electron chi connectivity index (χ1n) is 18.6. The van der Waals surface area contributed by atoms with Crippen LogP contribution in [0.5, 0.6) is 0 Å². The molecule has 0 unspecified atom stereocenters. The van der Waals surface area contributed by atoms with E-state index in [4.69, 9.17) is 4.43 Å². The molecule has 0 fully saturated rings. The maximum absolute atomic E-state index is 13.7. The molecule has 0 atom stereocenters. The number of nitrogens with zero attached hydrogens (tertiary/aromatic N) is 1. The Morgan fingerprint density at radius 3 is 1.02 bits per heavy atom. The molecule has 300 valence electrons. The van der Waals surface area contributed by atoms with Crippen LogP contribution in [-0.4, -0.2) is 53.4 Å². The summed E-state index contributed by atoms with van der Waals surface area (Å²) >= 11 is 0. The molecule has 0 radical (unpaired) electrons. The molecule has 0 saturated carbocycles. The van der Waals surface area contributed by atoms with Crippen LogP contribution in [0.15, 0.2) is 0 Å². The van der Waals surface area contributed by atoms with E-state index in [9.17, 15) is 48.7 Å². The van der Waals surface area contributed by atoms with Gasteiger partial charge in [-0.1, -0.05) is 71.1 Å². The molecule has 1 N–H and O–H groups in total. The highest BCUT2D eigenvalue weighted by Crippen LogP contribution is 2.27. The molecule has 15 heteroatoms. The Balaban J connectivity index is 0.00000132. The second-order valence-electron chi connectivity index (χ2n) is 13.7. The highest BCUT2D eigenvalue weighted by atomic mass is 28.4. The maximum Gasteiger partial charge on any atom is 0.335 e. The Morgan fingerprint density at radius 2 is 0.769 bits per heavy atom. The Morgan fingerprint density at radius 1 is 0.500 bits per heavy atom. The first-order valence-corrected chi connectivity index (χ1v) is 22.3. The van der Waals surface area contributed by atoms with Crippen LogP contribution in [0, 0.1) is 58.2 Å². The quantitative estimate of drug-likeness (QED) is 0.0400. The van der Waals surface area contributed by atoms with Gasteiger partial charge in [0.05, 0.1) is 0 Å². The molecule has 0 aliphatic carbocycles. The summed E-state index contributed by atoms with van der Waals surface area (Å²) in [5.74, 6) is -19.2. The molecule has 0 spiro atoms. The summed E-state index contributed by atoms with van der Waals surface area (Å²) in [5, 5.41) is 0. The lowest BCUT2D eigenvalue weighted by Gasteiger charge is -2.28. The molecule has 2 aromatic carbocycles. The molecule has 0 saturated heterocycles. The van der Waals surface area contributed by atoms with Crippen LogP contribution < -0.4 is 0 Å². The van der Waals surface area contributed by atoms with Crippen LogP contribution in [-0.2, 0) is 17.3 Å². The predicted octanol–water partition coefficient (Wildman–Crippen LogP) is 10.4. The topological polar surface area (TPSA) is 32.7 Å². The SMILES string of the molecule is CCN(C(C)C)C(C)C.O[Si](CCCCCCCCc1c(F)c(F)c(F)c(F)c1F)(CCCCCCCCc1c(F)c(F)c(F)c(F)c1F)OC[SiH3]. The van der Waals surface area contributed by atoms with Gasteiger partial charge in [-0.3, -0.25) is 4.90 Å². The zero-order valence-electron chi connectivity index (χ0n) is 31.5. The van der Waals surface area contributed by atoms with Crippen LogP contribution in [0.4, 0.5) is 43.9 Å². The lowest BCUT2D eigenvalue weighted by molar-refractivity contribution is 0.185. The second-order valence-corrected chi connectivity index (χ2v) is 17.5. The van der Waals surface area contributed by atoms with E-state index < -0.39 is 77.9 Å². The summed E-state index contributed by atoms with van der Waals surface area (Å²) in [6, 6.07) is 2.49. The molecule has 52 heavy (non-hydrogen) atoms. The molecule has 0 aromatic heterocycles. The van der Waals surface area contributed by atoms with Crippen LogP contribution in [0.1, 0.15) is 123 Å². The van der Waals surface area contributed by atoms with E-state index >= 15 is 0 Å². The Bertz CT molecular complexity index is 1220. The van der Waals surface area contributed by atoms with Crippen molar-refractivity contribution in [3.8, 4) is 0 Å². The summed E-state index contributed by atoms with van der Waals surface area (Å²) in [5.41, 5.74) is -1.59. The minimum Gasteiger partial charge on any atom is -0.411 e. The van der Waals surface area contributed by atoms with E-state index in [2.05, 4.69) is 39.5 Å². The molecular weight excluding hydrogens is 737 g/mol. The van der Waals surface area contributed by atoms with E-state index in [0.717, 1.165) is 55.3 Å². The summed E-state index contributed by atoms with van der Waals surface area (Å²) < 4.78 is 140. The highest BCUT2D eigenvalue weighted by Gasteiger charge is 2.32. The summed E-state index contributed by atoms with van der Waals surface area (Å²) in [6.07, 6.45) is 7.72. The zero-order chi connectivity index (χ0) is 39.6. The van der Waals surface area contributed by atoms with Crippen LogP contribution in [0.25, 0.3) is 0 Å². The van der Waals surface area contributed by atoms with Crippen LogP contribution >= 0.6 is 0 Å². The maximum atomic E-state index is 13.7. The Hall–Kier alpha value is -1.95. The Labute approximate surface area is 307 Å². The summed E-state index contributed by atoms with van der Waals surface area (Å²) in [7, 11) is -2.11. The minimum atomic E-state index is -2.88. The largest absolute Gasteiger partial charge is 0.411 e. The summed E-state index contributed by atoms with van der Waals surface area (Å²) in [6.45, 7) is 12.3. The van der Waals surface area contributed by atoms with Crippen molar-refractivity contribution in [1.29, 1.82) is 0 Å². The molecule has 2 aromatic rings. The van der Waals surface area contributed by atoms with Crippen molar-refractivity contribution in [1.82, 2.24) is 4.90 Å². The number of benzene rings is 2. The summed E-state index contributed by atoms with van der Waals surface area (Å²) in [4.78, 5) is 13.5. The van der Waals surface area contributed by atoms with Gasteiger partial charge in [0.15, 0.2) is 46.5 Å². The standard InChI is InChI=1S/C29H38F10O2Si2.C8H19N/c30-20-18(21(31)25(35)28(38)24(20)34)13-9-5-1-3-7-11-15-43(40,41-17-42)16-12-8-4-2-6-10-14-19-22(32)26(36)29(39)27(37)23(19)33;1-6-9(7(2)3)8(4)5/h40H,1-17H2,42H3;7-8H,6H2,1-5H3. The van der Waals surface area contributed by atoms with Crippen molar-refractivity contribution in [2.24, 2.45) is 0 Å². The second kappa shape index (κ2) is 24.5. The van der Waals surface area contributed by atoms with Crippen molar-refractivity contribution in [2.45, 2.75) is 149 Å². The van der Waals surface area contributed by atoms with E-state index in [0.29, 0.717) is 56.1 Å². The Kier molecular flexibility index (Phi) is 22.6. The van der Waals surface area contributed by atoms with Gasteiger partial charge in [-0.05, 0) is 72.0 Å². The lowest BCUT2D eigenvalue weighted by Crippen LogP contribution is -2.38. The van der Waals surface area contributed by atoms with Crippen molar-refractivity contribution < 1.29 is 53.1 Å². The normalized spacial score (nSPS) is 12.1. The van der Waals surface area contributed by atoms with Gasteiger partial charge in [-0.2, -0.15) is 0 Å². The van der Waals surface area contributed by atoms with Gasteiger partial charge < -0.3 is 9.22 Å². The van der Waals surface area contributed by atoms with Gasteiger partial charge >= 0.3 is 8.56 Å². The number of hydrogen-bond donors (Lipinski definition) is 1. The molecule has 0 aliphatic rings. The fraction of sp³-hybridized carbons (Fsp3) is 0.676.